The normalized spacial score (nSPS) is 14.5. The molecule has 0 bridgehead atoms. The molecule has 13 heavy (non-hydrogen) atoms. The first-order valence-corrected chi connectivity index (χ1v) is 5.03. The summed E-state index contributed by atoms with van der Waals surface area (Å²) >= 11 is 3.46. The molecule has 1 aliphatic rings. The van der Waals surface area contributed by atoms with E-state index in [0.717, 1.165) is 29.0 Å². The Morgan fingerprint density at radius 3 is 3.31 bits per heavy atom. The van der Waals surface area contributed by atoms with Gasteiger partial charge in [-0.05, 0) is 18.2 Å². The predicted molar refractivity (Wildman–Crippen MR) is 55.9 cm³/mol. The molecule has 0 radical (unpaired) electrons. The number of rotatable bonds is 0. The number of nitrogens with zero attached hydrogens (tertiary/aromatic N) is 2. The molecule has 3 rings (SSSR count). The van der Waals surface area contributed by atoms with Crippen molar-refractivity contribution in [1.82, 2.24) is 9.55 Å². The maximum Gasteiger partial charge on any atom is 0.204 e. The van der Waals surface area contributed by atoms with Crippen LogP contribution in [0, 0.1) is 0 Å². The van der Waals surface area contributed by atoms with Gasteiger partial charge in [-0.25, -0.2) is 4.98 Å². The highest BCUT2D eigenvalue weighted by molar-refractivity contribution is 9.10. The maximum atomic E-state index is 4.47. The Balaban J connectivity index is 2.40. The molecule has 0 atom stereocenters. The number of imidazole rings is 1. The van der Waals surface area contributed by atoms with E-state index in [4.69, 9.17) is 0 Å². The van der Waals surface area contributed by atoms with E-state index in [0.29, 0.717) is 0 Å². The lowest BCUT2D eigenvalue weighted by Gasteiger charge is -1.96. The van der Waals surface area contributed by atoms with E-state index in [1.54, 1.807) is 0 Å². The topological polar surface area (TPSA) is 29.9 Å². The highest BCUT2D eigenvalue weighted by Crippen LogP contribution is 2.25. The van der Waals surface area contributed by atoms with Gasteiger partial charge in [0.2, 0.25) is 5.95 Å². The van der Waals surface area contributed by atoms with Crippen molar-refractivity contribution in [3.05, 3.63) is 22.7 Å². The number of benzene rings is 1. The molecule has 3 nitrogen and oxygen atoms in total. The van der Waals surface area contributed by atoms with Crippen molar-refractivity contribution in [3.8, 4) is 0 Å². The van der Waals surface area contributed by atoms with E-state index in [2.05, 4.69) is 36.9 Å². The zero-order chi connectivity index (χ0) is 8.84. The minimum absolute atomic E-state index is 0.991. The number of fused-ring (bicyclic) bond motifs is 3. The third-order valence-corrected chi connectivity index (χ3v) is 2.82. The van der Waals surface area contributed by atoms with Gasteiger partial charge in [-0.3, -0.25) is 0 Å². The fourth-order valence-electron chi connectivity index (χ4n) is 1.74. The van der Waals surface area contributed by atoms with E-state index in [-0.39, 0.29) is 0 Å². The molecule has 66 valence electrons. The monoisotopic (exact) mass is 237 g/mol. The van der Waals surface area contributed by atoms with Gasteiger partial charge in [0.1, 0.15) is 0 Å². The first-order valence-electron chi connectivity index (χ1n) is 4.24. The number of halogens is 1. The van der Waals surface area contributed by atoms with Crippen LogP contribution >= 0.6 is 15.9 Å². The molecule has 1 aromatic carbocycles. The summed E-state index contributed by atoms with van der Waals surface area (Å²) in [4.78, 5) is 4.47. The molecule has 0 saturated heterocycles. The molecule has 0 fully saturated rings. The molecule has 0 aliphatic carbocycles. The third kappa shape index (κ3) is 0.983. The first-order chi connectivity index (χ1) is 6.34. The van der Waals surface area contributed by atoms with Crippen LogP contribution < -0.4 is 5.32 Å². The molecule has 1 aliphatic heterocycles. The largest absolute Gasteiger partial charge is 0.354 e. The molecular formula is C9H8BrN3. The van der Waals surface area contributed by atoms with Gasteiger partial charge < -0.3 is 9.88 Å². The van der Waals surface area contributed by atoms with E-state index in [1.165, 1.54) is 5.52 Å². The quantitative estimate of drug-likeness (QED) is 0.762. The van der Waals surface area contributed by atoms with Gasteiger partial charge >= 0.3 is 0 Å². The fourth-order valence-corrected chi connectivity index (χ4v) is 2.09. The van der Waals surface area contributed by atoms with Crippen molar-refractivity contribution in [3.63, 3.8) is 0 Å². The minimum Gasteiger partial charge on any atom is -0.354 e. The molecule has 1 aromatic heterocycles. The average molecular weight is 238 g/mol. The summed E-state index contributed by atoms with van der Waals surface area (Å²) in [6, 6.07) is 6.16. The Bertz CT molecular complexity index is 475. The zero-order valence-electron chi connectivity index (χ0n) is 6.92. The number of hydrogen-bond acceptors (Lipinski definition) is 2. The maximum absolute atomic E-state index is 4.47. The minimum atomic E-state index is 0.991. The van der Waals surface area contributed by atoms with Crippen LogP contribution in [-0.2, 0) is 6.54 Å². The van der Waals surface area contributed by atoms with Crippen LogP contribution in [0.4, 0.5) is 5.95 Å². The lowest BCUT2D eigenvalue weighted by Crippen LogP contribution is -1.94. The summed E-state index contributed by atoms with van der Waals surface area (Å²) in [5, 5.41) is 3.25. The standard InChI is InChI=1S/C9H8BrN3/c10-6-1-2-7-8(5-6)13-4-3-11-9(13)12-7/h1-2,5H,3-4H2,(H,11,12). The molecule has 4 heteroatoms. The Morgan fingerprint density at radius 2 is 2.38 bits per heavy atom. The van der Waals surface area contributed by atoms with Crippen molar-refractivity contribution >= 4 is 32.9 Å². The van der Waals surface area contributed by atoms with E-state index in [1.807, 2.05) is 12.1 Å². The zero-order valence-corrected chi connectivity index (χ0v) is 8.50. The van der Waals surface area contributed by atoms with Gasteiger partial charge in [-0.1, -0.05) is 15.9 Å². The van der Waals surface area contributed by atoms with E-state index < -0.39 is 0 Å². The molecule has 0 unspecified atom stereocenters. The van der Waals surface area contributed by atoms with Gasteiger partial charge in [0.05, 0.1) is 11.0 Å². The molecule has 0 amide bonds. The lowest BCUT2D eigenvalue weighted by molar-refractivity contribution is 0.837. The van der Waals surface area contributed by atoms with Gasteiger partial charge in [0, 0.05) is 17.6 Å². The fraction of sp³-hybridized carbons (Fsp3) is 0.222. The number of hydrogen-bond donors (Lipinski definition) is 1. The van der Waals surface area contributed by atoms with Crippen molar-refractivity contribution < 1.29 is 0 Å². The molecule has 0 saturated carbocycles. The van der Waals surface area contributed by atoms with Crippen LogP contribution in [0.2, 0.25) is 0 Å². The first kappa shape index (κ1) is 7.38. The highest BCUT2D eigenvalue weighted by Gasteiger charge is 2.14. The van der Waals surface area contributed by atoms with Gasteiger partial charge in [0.25, 0.3) is 0 Å². The summed E-state index contributed by atoms with van der Waals surface area (Å²) in [5.41, 5.74) is 2.26. The molecular weight excluding hydrogens is 230 g/mol. The lowest BCUT2D eigenvalue weighted by atomic mass is 10.3. The number of aromatic nitrogens is 2. The summed E-state index contributed by atoms with van der Waals surface area (Å²) in [5.74, 6) is 0.994. The summed E-state index contributed by atoms with van der Waals surface area (Å²) in [6.45, 7) is 2.01. The van der Waals surface area contributed by atoms with Crippen molar-refractivity contribution in [2.75, 3.05) is 11.9 Å². The van der Waals surface area contributed by atoms with E-state index >= 15 is 0 Å². The molecule has 2 aromatic rings. The summed E-state index contributed by atoms with van der Waals surface area (Å²) in [6.07, 6.45) is 0. The van der Waals surface area contributed by atoms with Crippen molar-refractivity contribution in [2.24, 2.45) is 0 Å². The Kier molecular flexibility index (Phi) is 1.41. The average Bonchev–Trinajstić information content (AvgIpc) is 2.64. The molecule has 0 spiro atoms. The Labute approximate surface area is 83.9 Å². The van der Waals surface area contributed by atoms with E-state index in [9.17, 15) is 0 Å². The number of anilines is 1. The van der Waals surface area contributed by atoms with Crippen LogP contribution in [0.15, 0.2) is 22.7 Å². The smallest absolute Gasteiger partial charge is 0.204 e. The van der Waals surface area contributed by atoms with Crippen LogP contribution in [0.25, 0.3) is 11.0 Å². The second-order valence-corrected chi connectivity index (χ2v) is 4.06. The SMILES string of the molecule is Brc1ccc2nc3n(c2c1)CCN3. The second-order valence-electron chi connectivity index (χ2n) is 3.15. The summed E-state index contributed by atoms with van der Waals surface area (Å²) in [7, 11) is 0. The molecule has 1 N–H and O–H groups in total. The van der Waals surface area contributed by atoms with Crippen LogP contribution in [0.3, 0.4) is 0 Å². The van der Waals surface area contributed by atoms with Gasteiger partial charge in [0.15, 0.2) is 0 Å². The highest BCUT2D eigenvalue weighted by atomic mass is 79.9. The van der Waals surface area contributed by atoms with Gasteiger partial charge in [-0.15, -0.1) is 0 Å². The van der Waals surface area contributed by atoms with Crippen molar-refractivity contribution in [1.29, 1.82) is 0 Å². The summed E-state index contributed by atoms with van der Waals surface area (Å²) < 4.78 is 3.31. The van der Waals surface area contributed by atoms with Crippen LogP contribution in [-0.4, -0.2) is 16.1 Å². The Morgan fingerprint density at radius 1 is 1.46 bits per heavy atom. The Hall–Kier alpha value is -1.03. The van der Waals surface area contributed by atoms with Gasteiger partial charge in [-0.2, -0.15) is 0 Å². The second kappa shape index (κ2) is 2.48. The van der Waals surface area contributed by atoms with Crippen LogP contribution in [0.1, 0.15) is 0 Å². The van der Waals surface area contributed by atoms with Crippen LogP contribution in [0.5, 0.6) is 0 Å². The van der Waals surface area contributed by atoms with Crippen molar-refractivity contribution in [2.45, 2.75) is 6.54 Å². The predicted octanol–water partition coefficient (Wildman–Crippen LogP) is 2.22. The third-order valence-electron chi connectivity index (χ3n) is 2.33. The molecule has 2 heterocycles. The number of nitrogens with one attached hydrogen (secondary N) is 1.